The lowest BCUT2D eigenvalue weighted by atomic mass is 10.1. The Balaban J connectivity index is 2.03. The molecule has 0 unspecified atom stereocenters. The molecule has 2 aromatic carbocycles. The minimum absolute atomic E-state index is 0.149. The highest BCUT2D eigenvalue weighted by atomic mass is 28.4. The number of benzene rings is 2. The summed E-state index contributed by atoms with van der Waals surface area (Å²) in [6, 6.07) is 20.6. The largest absolute Gasteiger partial charge is 0.493 e. The Morgan fingerprint density at radius 2 is 1.44 bits per heavy atom. The Labute approximate surface area is 162 Å². The van der Waals surface area contributed by atoms with Crippen molar-refractivity contribution in [2.24, 2.45) is 0 Å². The summed E-state index contributed by atoms with van der Waals surface area (Å²) >= 11 is 0. The summed E-state index contributed by atoms with van der Waals surface area (Å²) in [6.45, 7) is 6.81. The summed E-state index contributed by atoms with van der Waals surface area (Å²) in [6.07, 6.45) is 0.340. The molecule has 2 N–H and O–H groups in total. The van der Waals surface area contributed by atoms with Crippen molar-refractivity contribution in [2.45, 2.75) is 44.1 Å². The van der Waals surface area contributed by atoms with Gasteiger partial charge >= 0.3 is 0 Å². The average molecular weight is 385 g/mol. The number of rotatable bonds is 5. The molecule has 0 aromatic heterocycles. The quantitative estimate of drug-likeness (QED) is 0.776. The standard InChI is InChI=1S/C22H28O4Si/c1-22(2,3)27(17-10-6-4-7-11-17,18-12-8-5-9-13-18)26-16-20-21(24)19(23)14-15-25-20/h4-15,19-21,23-24H,16H2,1-3H3/t19-,20+,21-/m1/s1. The molecule has 4 nitrogen and oxygen atoms in total. The van der Waals surface area contributed by atoms with Gasteiger partial charge in [-0.05, 0) is 21.5 Å². The molecule has 0 saturated heterocycles. The maximum Gasteiger partial charge on any atom is 0.261 e. The molecule has 1 aliphatic rings. The second-order valence-corrected chi connectivity index (χ2v) is 12.3. The summed E-state index contributed by atoms with van der Waals surface area (Å²) in [5.74, 6) is 0. The Morgan fingerprint density at radius 3 is 1.93 bits per heavy atom. The third-order valence-electron chi connectivity index (χ3n) is 5.14. The van der Waals surface area contributed by atoms with Crippen molar-refractivity contribution in [3.8, 4) is 0 Å². The minimum atomic E-state index is -2.68. The molecule has 0 saturated carbocycles. The molecule has 5 heteroatoms. The van der Waals surface area contributed by atoms with E-state index in [4.69, 9.17) is 9.16 Å². The van der Waals surface area contributed by atoms with E-state index in [0.29, 0.717) is 0 Å². The number of aliphatic hydroxyl groups excluding tert-OH is 2. The fourth-order valence-electron chi connectivity index (χ4n) is 3.75. The fourth-order valence-corrected chi connectivity index (χ4v) is 8.32. The van der Waals surface area contributed by atoms with Crippen LogP contribution in [0.25, 0.3) is 0 Å². The summed E-state index contributed by atoms with van der Waals surface area (Å²) < 4.78 is 12.3. The van der Waals surface area contributed by atoms with Crippen LogP contribution in [0.3, 0.4) is 0 Å². The van der Waals surface area contributed by atoms with E-state index in [1.54, 1.807) is 0 Å². The topological polar surface area (TPSA) is 58.9 Å². The van der Waals surface area contributed by atoms with E-state index < -0.39 is 26.6 Å². The van der Waals surface area contributed by atoms with Gasteiger partial charge in [-0.2, -0.15) is 0 Å². The molecule has 144 valence electrons. The Kier molecular flexibility index (Phi) is 5.86. The second-order valence-electron chi connectivity index (χ2n) is 7.96. The van der Waals surface area contributed by atoms with Crippen LogP contribution in [0.2, 0.25) is 5.04 Å². The van der Waals surface area contributed by atoms with Crippen molar-refractivity contribution in [3.63, 3.8) is 0 Å². The van der Waals surface area contributed by atoms with Crippen molar-refractivity contribution < 1.29 is 19.4 Å². The van der Waals surface area contributed by atoms with E-state index in [0.717, 1.165) is 0 Å². The van der Waals surface area contributed by atoms with Gasteiger partial charge < -0.3 is 19.4 Å². The zero-order valence-corrected chi connectivity index (χ0v) is 17.1. The van der Waals surface area contributed by atoms with E-state index in [1.807, 2.05) is 36.4 Å². The van der Waals surface area contributed by atoms with Gasteiger partial charge in [-0.15, -0.1) is 0 Å². The lowest BCUT2D eigenvalue weighted by Crippen LogP contribution is -2.67. The van der Waals surface area contributed by atoms with Crippen LogP contribution in [0.15, 0.2) is 73.0 Å². The first kappa shape index (κ1) is 19.8. The molecule has 27 heavy (non-hydrogen) atoms. The van der Waals surface area contributed by atoms with Gasteiger partial charge in [0.05, 0.1) is 12.9 Å². The van der Waals surface area contributed by atoms with E-state index >= 15 is 0 Å². The maximum atomic E-state index is 10.3. The van der Waals surface area contributed by atoms with E-state index in [1.165, 1.54) is 22.7 Å². The summed E-state index contributed by atoms with van der Waals surface area (Å²) in [5, 5.41) is 22.4. The van der Waals surface area contributed by atoms with Gasteiger partial charge in [-0.3, -0.25) is 0 Å². The van der Waals surface area contributed by atoms with Gasteiger partial charge in [0.25, 0.3) is 8.32 Å². The molecule has 0 fully saturated rings. The van der Waals surface area contributed by atoms with E-state index in [2.05, 4.69) is 45.0 Å². The average Bonchev–Trinajstić information content (AvgIpc) is 2.66. The number of ether oxygens (including phenoxy) is 1. The molecule has 0 radical (unpaired) electrons. The molecular weight excluding hydrogens is 356 g/mol. The highest BCUT2D eigenvalue weighted by Gasteiger charge is 2.50. The molecule has 1 heterocycles. The van der Waals surface area contributed by atoms with Gasteiger partial charge in [0, 0.05) is 0 Å². The second kappa shape index (κ2) is 7.98. The van der Waals surface area contributed by atoms with Gasteiger partial charge in [0.2, 0.25) is 0 Å². The Bertz CT molecular complexity index is 715. The highest BCUT2D eigenvalue weighted by molar-refractivity contribution is 6.99. The number of hydrogen-bond acceptors (Lipinski definition) is 4. The Morgan fingerprint density at radius 1 is 0.926 bits per heavy atom. The predicted octanol–water partition coefficient (Wildman–Crippen LogP) is 2.20. The lowest BCUT2D eigenvalue weighted by molar-refractivity contribution is -0.0783. The molecule has 3 atom stereocenters. The van der Waals surface area contributed by atoms with Crippen molar-refractivity contribution in [1.82, 2.24) is 0 Å². The van der Waals surface area contributed by atoms with Crippen LogP contribution in [-0.4, -0.2) is 43.4 Å². The zero-order valence-electron chi connectivity index (χ0n) is 16.1. The molecule has 1 aliphatic heterocycles. The molecular formula is C22H28O4Si. The first-order chi connectivity index (χ1) is 12.9. The SMILES string of the molecule is CC(C)(C)[Si](OC[C@@H]1OC=C[C@@H](O)[C@H]1O)(c1ccccc1)c1ccccc1. The van der Waals surface area contributed by atoms with Gasteiger partial charge in [-0.1, -0.05) is 81.4 Å². The molecule has 0 aliphatic carbocycles. The molecule has 3 rings (SSSR count). The monoisotopic (exact) mass is 384 g/mol. The third kappa shape index (κ3) is 3.87. The third-order valence-corrected chi connectivity index (χ3v) is 10.1. The number of hydrogen-bond donors (Lipinski definition) is 2. The smallest absolute Gasteiger partial charge is 0.261 e. The van der Waals surface area contributed by atoms with Crippen LogP contribution in [0.5, 0.6) is 0 Å². The van der Waals surface area contributed by atoms with Gasteiger partial charge in [0.15, 0.2) is 0 Å². The lowest BCUT2D eigenvalue weighted by Gasteiger charge is -2.44. The van der Waals surface area contributed by atoms with E-state index in [-0.39, 0.29) is 11.6 Å². The first-order valence-corrected chi connectivity index (χ1v) is 11.2. The fraction of sp³-hybridized carbons (Fsp3) is 0.364. The summed E-state index contributed by atoms with van der Waals surface area (Å²) in [7, 11) is -2.68. The first-order valence-electron chi connectivity index (χ1n) is 9.29. The Hall–Kier alpha value is -1.92. The minimum Gasteiger partial charge on any atom is -0.493 e. The van der Waals surface area contributed by atoms with Crippen molar-refractivity contribution in [3.05, 3.63) is 73.0 Å². The van der Waals surface area contributed by atoms with Crippen LogP contribution in [-0.2, 0) is 9.16 Å². The van der Waals surface area contributed by atoms with E-state index in [9.17, 15) is 10.2 Å². The maximum absolute atomic E-state index is 10.3. The predicted molar refractivity (Wildman–Crippen MR) is 110 cm³/mol. The zero-order chi connectivity index (χ0) is 19.5. The molecule has 0 amide bonds. The summed E-state index contributed by atoms with van der Waals surface area (Å²) in [4.78, 5) is 0. The van der Waals surface area contributed by atoms with Crippen LogP contribution in [0.1, 0.15) is 20.8 Å². The van der Waals surface area contributed by atoms with Crippen molar-refractivity contribution in [2.75, 3.05) is 6.61 Å². The molecule has 2 aromatic rings. The molecule has 0 spiro atoms. The summed E-state index contributed by atoms with van der Waals surface area (Å²) in [5.41, 5.74) is 0. The molecule has 0 bridgehead atoms. The number of aliphatic hydroxyl groups is 2. The van der Waals surface area contributed by atoms with Crippen LogP contribution in [0, 0.1) is 0 Å². The van der Waals surface area contributed by atoms with Crippen LogP contribution < -0.4 is 10.4 Å². The van der Waals surface area contributed by atoms with Gasteiger partial charge in [-0.25, -0.2) is 0 Å². The van der Waals surface area contributed by atoms with Crippen molar-refractivity contribution in [1.29, 1.82) is 0 Å². The highest BCUT2D eigenvalue weighted by Crippen LogP contribution is 2.37. The normalized spacial score (nSPS) is 23.1. The van der Waals surface area contributed by atoms with Gasteiger partial charge in [0.1, 0.15) is 18.3 Å². The van der Waals surface area contributed by atoms with Crippen LogP contribution >= 0.6 is 0 Å². The van der Waals surface area contributed by atoms with Crippen molar-refractivity contribution >= 4 is 18.7 Å². The van der Waals surface area contributed by atoms with Crippen LogP contribution in [0.4, 0.5) is 0 Å².